The van der Waals surface area contributed by atoms with E-state index in [1.54, 1.807) is 0 Å². The van der Waals surface area contributed by atoms with Crippen molar-refractivity contribution in [3.63, 3.8) is 0 Å². The molecular formula is C17H19F3N4O. The fourth-order valence-corrected chi connectivity index (χ4v) is 2.10. The maximum atomic E-state index is 13.6. The van der Waals surface area contributed by atoms with Gasteiger partial charge in [0.15, 0.2) is 17.5 Å². The molecule has 2 N–H and O–H groups in total. The van der Waals surface area contributed by atoms with Crippen LogP contribution in [-0.2, 0) is 0 Å². The van der Waals surface area contributed by atoms with Gasteiger partial charge in [-0.05, 0) is 51.3 Å². The summed E-state index contributed by atoms with van der Waals surface area (Å²) in [7, 11) is 3.95. The second-order valence-corrected chi connectivity index (χ2v) is 5.69. The number of nitrogens with zero attached hydrogens (tertiary/aromatic N) is 2. The lowest BCUT2D eigenvalue weighted by molar-refractivity contribution is 0.102. The quantitative estimate of drug-likeness (QED) is 0.594. The zero-order chi connectivity index (χ0) is 18.4. The standard InChI is InChI=1S/C17H19F3N4O/c1-24(2)9-3-7-21-14-10-11(6-8-22-14)17(25)23-13-5-4-12(18)15(19)16(13)20/h4-6,8,10H,3,7,9H2,1-2H3,(H,21,22)(H,23,25). The third-order valence-corrected chi connectivity index (χ3v) is 3.39. The molecule has 0 fully saturated rings. The maximum Gasteiger partial charge on any atom is 0.255 e. The van der Waals surface area contributed by atoms with Gasteiger partial charge in [0, 0.05) is 18.3 Å². The molecule has 25 heavy (non-hydrogen) atoms. The first-order valence-electron chi connectivity index (χ1n) is 7.68. The van der Waals surface area contributed by atoms with Crippen LogP contribution in [0.4, 0.5) is 24.7 Å². The number of aromatic nitrogens is 1. The average Bonchev–Trinajstić information content (AvgIpc) is 2.59. The van der Waals surface area contributed by atoms with Gasteiger partial charge in [0.05, 0.1) is 5.69 Å². The number of pyridine rings is 1. The smallest absolute Gasteiger partial charge is 0.255 e. The Morgan fingerprint density at radius 1 is 1.16 bits per heavy atom. The largest absolute Gasteiger partial charge is 0.370 e. The van der Waals surface area contributed by atoms with Gasteiger partial charge in [-0.1, -0.05) is 0 Å². The number of carbonyl (C=O) groups excluding carboxylic acids is 1. The molecule has 0 saturated heterocycles. The third kappa shape index (κ3) is 5.18. The van der Waals surface area contributed by atoms with E-state index in [-0.39, 0.29) is 5.56 Å². The van der Waals surface area contributed by atoms with Crippen molar-refractivity contribution in [3.05, 3.63) is 53.5 Å². The van der Waals surface area contributed by atoms with Gasteiger partial charge >= 0.3 is 0 Å². The summed E-state index contributed by atoms with van der Waals surface area (Å²) in [6.45, 7) is 1.58. The summed E-state index contributed by atoms with van der Waals surface area (Å²) >= 11 is 0. The van der Waals surface area contributed by atoms with Crippen LogP contribution in [0.3, 0.4) is 0 Å². The minimum Gasteiger partial charge on any atom is -0.370 e. The lowest BCUT2D eigenvalue weighted by atomic mass is 10.2. The van der Waals surface area contributed by atoms with Crippen LogP contribution < -0.4 is 10.6 Å². The number of anilines is 2. The van der Waals surface area contributed by atoms with Crippen LogP contribution in [0.2, 0.25) is 0 Å². The molecular weight excluding hydrogens is 333 g/mol. The first kappa shape index (κ1) is 18.7. The minimum atomic E-state index is -1.63. The molecule has 0 bridgehead atoms. The molecule has 0 saturated carbocycles. The van der Waals surface area contributed by atoms with Crippen LogP contribution in [0.1, 0.15) is 16.8 Å². The first-order chi connectivity index (χ1) is 11.9. The van der Waals surface area contributed by atoms with E-state index >= 15 is 0 Å². The van der Waals surface area contributed by atoms with Crippen molar-refractivity contribution in [2.24, 2.45) is 0 Å². The molecule has 1 heterocycles. The zero-order valence-electron chi connectivity index (χ0n) is 13.9. The van der Waals surface area contributed by atoms with Crippen LogP contribution in [-0.4, -0.2) is 43.0 Å². The average molecular weight is 352 g/mol. The minimum absolute atomic E-state index is 0.217. The number of rotatable bonds is 7. The molecule has 0 unspecified atom stereocenters. The second-order valence-electron chi connectivity index (χ2n) is 5.69. The van der Waals surface area contributed by atoms with Gasteiger partial charge in [-0.25, -0.2) is 18.2 Å². The summed E-state index contributed by atoms with van der Waals surface area (Å²) in [5.41, 5.74) is -0.213. The van der Waals surface area contributed by atoms with Gasteiger partial charge in [0.2, 0.25) is 0 Å². The SMILES string of the molecule is CN(C)CCCNc1cc(C(=O)Nc2ccc(F)c(F)c2F)ccn1. The normalized spacial score (nSPS) is 10.8. The van der Waals surface area contributed by atoms with E-state index in [4.69, 9.17) is 0 Å². The van der Waals surface area contributed by atoms with Gasteiger partial charge < -0.3 is 15.5 Å². The highest BCUT2D eigenvalue weighted by atomic mass is 19.2. The molecule has 0 aliphatic carbocycles. The lowest BCUT2D eigenvalue weighted by Crippen LogP contribution is -2.17. The third-order valence-electron chi connectivity index (χ3n) is 3.39. The number of hydrogen-bond acceptors (Lipinski definition) is 4. The summed E-state index contributed by atoms with van der Waals surface area (Å²) in [6, 6.07) is 4.66. The Morgan fingerprint density at radius 3 is 2.64 bits per heavy atom. The molecule has 0 aliphatic heterocycles. The van der Waals surface area contributed by atoms with E-state index in [9.17, 15) is 18.0 Å². The molecule has 1 aromatic heterocycles. The number of hydrogen-bond donors (Lipinski definition) is 2. The highest BCUT2D eigenvalue weighted by Gasteiger charge is 2.16. The summed E-state index contributed by atoms with van der Waals surface area (Å²) in [6.07, 6.45) is 2.33. The Hall–Kier alpha value is -2.61. The van der Waals surface area contributed by atoms with Crippen molar-refractivity contribution < 1.29 is 18.0 Å². The van der Waals surface area contributed by atoms with E-state index in [1.807, 2.05) is 14.1 Å². The van der Waals surface area contributed by atoms with Crippen LogP contribution in [0, 0.1) is 17.5 Å². The van der Waals surface area contributed by atoms with Crippen LogP contribution in [0.25, 0.3) is 0 Å². The summed E-state index contributed by atoms with van der Waals surface area (Å²) in [4.78, 5) is 18.3. The summed E-state index contributed by atoms with van der Waals surface area (Å²) in [5.74, 6) is -4.54. The fourth-order valence-electron chi connectivity index (χ4n) is 2.10. The van der Waals surface area contributed by atoms with Gasteiger partial charge in [0.1, 0.15) is 5.82 Å². The maximum absolute atomic E-state index is 13.6. The number of amides is 1. The molecule has 0 radical (unpaired) electrons. The second kappa shape index (κ2) is 8.48. The Kier molecular flexibility index (Phi) is 6.35. The number of benzene rings is 1. The summed E-state index contributed by atoms with van der Waals surface area (Å²) < 4.78 is 39.8. The fraction of sp³-hybridized carbons (Fsp3) is 0.294. The van der Waals surface area contributed by atoms with Crippen LogP contribution in [0.15, 0.2) is 30.5 Å². The molecule has 8 heteroatoms. The van der Waals surface area contributed by atoms with Gasteiger partial charge in [0.25, 0.3) is 5.91 Å². The molecule has 5 nitrogen and oxygen atoms in total. The number of halogens is 3. The van der Waals surface area contributed by atoms with Crippen molar-refractivity contribution in [1.29, 1.82) is 0 Å². The van der Waals surface area contributed by atoms with E-state index in [0.717, 1.165) is 25.1 Å². The lowest BCUT2D eigenvalue weighted by Gasteiger charge is -2.11. The van der Waals surface area contributed by atoms with Gasteiger partial charge in [-0.15, -0.1) is 0 Å². The Balaban J connectivity index is 2.02. The Labute approximate surface area is 143 Å². The number of nitrogens with one attached hydrogen (secondary N) is 2. The number of carbonyl (C=O) groups is 1. The molecule has 134 valence electrons. The van der Waals surface area contributed by atoms with E-state index in [2.05, 4.69) is 20.5 Å². The molecule has 1 amide bonds. The predicted octanol–water partition coefficient (Wildman–Crippen LogP) is 3.11. The van der Waals surface area contributed by atoms with E-state index < -0.39 is 29.0 Å². The first-order valence-corrected chi connectivity index (χ1v) is 7.68. The predicted molar refractivity (Wildman–Crippen MR) is 90.2 cm³/mol. The molecule has 2 aromatic rings. The summed E-state index contributed by atoms with van der Waals surface area (Å²) in [5, 5.41) is 5.31. The van der Waals surface area contributed by atoms with Crippen molar-refractivity contribution in [2.45, 2.75) is 6.42 Å². The Bertz CT molecular complexity index is 753. The molecule has 1 aromatic carbocycles. The molecule has 2 rings (SSSR count). The molecule has 0 spiro atoms. The van der Waals surface area contributed by atoms with Gasteiger partial charge in [-0.3, -0.25) is 4.79 Å². The van der Waals surface area contributed by atoms with Crippen molar-refractivity contribution in [2.75, 3.05) is 37.8 Å². The van der Waals surface area contributed by atoms with Crippen LogP contribution >= 0.6 is 0 Å². The van der Waals surface area contributed by atoms with Crippen molar-refractivity contribution >= 4 is 17.4 Å². The molecule has 0 atom stereocenters. The van der Waals surface area contributed by atoms with Crippen molar-refractivity contribution in [1.82, 2.24) is 9.88 Å². The van der Waals surface area contributed by atoms with E-state index in [0.29, 0.717) is 12.4 Å². The monoisotopic (exact) mass is 352 g/mol. The zero-order valence-corrected chi connectivity index (χ0v) is 13.9. The van der Waals surface area contributed by atoms with E-state index in [1.165, 1.54) is 18.3 Å². The van der Waals surface area contributed by atoms with Crippen molar-refractivity contribution in [3.8, 4) is 0 Å². The highest BCUT2D eigenvalue weighted by Crippen LogP contribution is 2.20. The van der Waals surface area contributed by atoms with Crippen LogP contribution in [0.5, 0.6) is 0 Å². The highest BCUT2D eigenvalue weighted by molar-refractivity contribution is 6.04. The Morgan fingerprint density at radius 2 is 1.92 bits per heavy atom. The molecule has 0 aliphatic rings. The topological polar surface area (TPSA) is 57.3 Å². The van der Waals surface area contributed by atoms with Gasteiger partial charge in [-0.2, -0.15) is 0 Å².